The van der Waals surface area contributed by atoms with E-state index in [1.165, 1.54) is 5.56 Å². The predicted molar refractivity (Wildman–Crippen MR) is 88.4 cm³/mol. The van der Waals surface area contributed by atoms with Gasteiger partial charge in [0.25, 0.3) is 0 Å². The first-order valence-corrected chi connectivity index (χ1v) is 7.81. The molecule has 0 bridgehead atoms. The summed E-state index contributed by atoms with van der Waals surface area (Å²) >= 11 is 1.62. The van der Waals surface area contributed by atoms with Crippen LogP contribution in [0.5, 0.6) is 0 Å². The highest BCUT2D eigenvalue weighted by molar-refractivity contribution is 7.09. The van der Waals surface area contributed by atoms with Crippen LogP contribution in [0.2, 0.25) is 0 Å². The van der Waals surface area contributed by atoms with Crippen molar-refractivity contribution in [1.82, 2.24) is 15.2 Å². The number of nitrogens with one attached hydrogen (secondary N) is 1. The van der Waals surface area contributed by atoms with E-state index in [0.717, 1.165) is 27.5 Å². The first-order valence-electron chi connectivity index (χ1n) is 6.93. The molecule has 0 aliphatic rings. The van der Waals surface area contributed by atoms with Gasteiger partial charge in [0.15, 0.2) is 5.82 Å². The Kier molecular flexibility index (Phi) is 3.51. The Balaban J connectivity index is 2.08. The first-order chi connectivity index (χ1) is 10.1. The molecular formula is C16H18N4S. The third kappa shape index (κ3) is 2.56. The van der Waals surface area contributed by atoms with Crippen LogP contribution >= 0.6 is 11.3 Å². The molecular weight excluding hydrogens is 280 g/mol. The van der Waals surface area contributed by atoms with Crippen molar-refractivity contribution in [3.05, 3.63) is 40.2 Å². The molecule has 3 rings (SSSR count). The topological polar surface area (TPSA) is 67.6 Å². The number of thiazole rings is 1. The first kappa shape index (κ1) is 13.8. The van der Waals surface area contributed by atoms with Gasteiger partial charge in [0.05, 0.1) is 22.0 Å². The van der Waals surface area contributed by atoms with Crippen LogP contribution in [0.4, 0.5) is 5.82 Å². The van der Waals surface area contributed by atoms with Crippen molar-refractivity contribution in [3.8, 4) is 22.5 Å². The van der Waals surface area contributed by atoms with Gasteiger partial charge in [-0.05, 0) is 24.0 Å². The lowest BCUT2D eigenvalue weighted by molar-refractivity contribution is 0.867. The minimum atomic E-state index is 0.507. The van der Waals surface area contributed by atoms with Crippen LogP contribution in [0.25, 0.3) is 22.5 Å². The van der Waals surface area contributed by atoms with Gasteiger partial charge in [-0.1, -0.05) is 38.1 Å². The maximum absolute atomic E-state index is 6.05. The Morgan fingerprint density at radius 2 is 1.90 bits per heavy atom. The molecule has 0 fully saturated rings. The van der Waals surface area contributed by atoms with Crippen molar-refractivity contribution in [2.24, 2.45) is 0 Å². The number of hydrogen-bond donors (Lipinski definition) is 2. The summed E-state index contributed by atoms with van der Waals surface area (Å²) in [6, 6.07) is 8.48. The van der Waals surface area contributed by atoms with Crippen LogP contribution < -0.4 is 5.73 Å². The van der Waals surface area contributed by atoms with Gasteiger partial charge in [-0.2, -0.15) is 5.10 Å². The molecule has 21 heavy (non-hydrogen) atoms. The summed E-state index contributed by atoms with van der Waals surface area (Å²) in [7, 11) is 0. The van der Waals surface area contributed by atoms with Crippen molar-refractivity contribution in [3.63, 3.8) is 0 Å². The summed E-state index contributed by atoms with van der Waals surface area (Å²) in [5.41, 5.74) is 11.1. The molecule has 0 aliphatic heterocycles. The average Bonchev–Trinajstić information content (AvgIpc) is 3.05. The minimum Gasteiger partial charge on any atom is -0.382 e. The zero-order chi connectivity index (χ0) is 15.0. The van der Waals surface area contributed by atoms with Crippen LogP contribution in [-0.4, -0.2) is 15.2 Å². The molecule has 3 aromatic rings. The molecule has 0 saturated heterocycles. The molecule has 0 aliphatic carbocycles. The highest BCUT2D eigenvalue weighted by Crippen LogP contribution is 2.35. The number of hydrogen-bond acceptors (Lipinski definition) is 4. The number of rotatable bonds is 3. The Morgan fingerprint density at radius 3 is 2.48 bits per heavy atom. The summed E-state index contributed by atoms with van der Waals surface area (Å²) in [6.45, 7) is 6.36. The highest BCUT2D eigenvalue weighted by atomic mass is 32.1. The third-order valence-electron chi connectivity index (χ3n) is 3.54. The quantitative estimate of drug-likeness (QED) is 0.761. The molecule has 5 heteroatoms. The van der Waals surface area contributed by atoms with E-state index in [-0.39, 0.29) is 0 Å². The molecule has 0 unspecified atom stereocenters. The van der Waals surface area contributed by atoms with E-state index in [0.29, 0.717) is 11.7 Å². The van der Waals surface area contributed by atoms with Gasteiger partial charge in [-0.3, -0.25) is 5.10 Å². The van der Waals surface area contributed by atoms with E-state index in [4.69, 9.17) is 5.73 Å². The molecule has 0 radical (unpaired) electrons. The second-order valence-corrected chi connectivity index (χ2v) is 6.45. The van der Waals surface area contributed by atoms with Gasteiger partial charge in [-0.15, -0.1) is 11.3 Å². The number of aromatic nitrogens is 3. The number of nitrogen functional groups attached to an aromatic ring is 1. The minimum absolute atomic E-state index is 0.507. The molecule has 0 amide bonds. The Morgan fingerprint density at radius 1 is 1.19 bits per heavy atom. The maximum atomic E-state index is 6.05. The largest absolute Gasteiger partial charge is 0.382 e. The van der Waals surface area contributed by atoms with Crippen molar-refractivity contribution in [2.45, 2.75) is 26.7 Å². The highest BCUT2D eigenvalue weighted by Gasteiger charge is 2.16. The Bertz CT molecular complexity index is 753. The molecule has 3 N–H and O–H groups in total. The standard InChI is InChI=1S/C16H18N4S/c1-9(2)11-4-6-12(7-5-11)14-15(19-20-16(14)17)13-8-21-10(3)18-13/h4-9H,1-3H3,(H3,17,19,20). The normalized spacial score (nSPS) is 11.2. The zero-order valence-corrected chi connectivity index (χ0v) is 13.2. The fourth-order valence-electron chi connectivity index (χ4n) is 2.35. The van der Waals surface area contributed by atoms with Gasteiger partial charge in [-0.25, -0.2) is 4.98 Å². The monoisotopic (exact) mass is 298 g/mol. The summed E-state index contributed by atoms with van der Waals surface area (Å²) in [5.74, 6) is 1.02. The van der Waals surface area contributed by atoms with E-state index < -0.39 is 0 Å². The smallest absolute Gasteiger partial charge is 0.153 e. The lowest BCUT2D eigenvalue weighted by atomic mass is 9.98. The molecule has 108 valence electrons. The van der Waals surface area contributed by atoms with Crippen LogP contribution in [0.1, 0.15) is 30.3 Å². The molecule has 4 nitrogen and oxygen atoms in total. The summed E-state index contributed by atoms with van der Waals surface area (Å²) < 4.78 is 0. The number of nitrogens with zero attached hydrogens (tertiary/aromatic N) is 2. The van der Waals surface area contributed by atoms with Crippen LogP contribution in [0.3, 0.4) is 0 Å². The lowest BCUT2D eigenvalue weighted by Gasteiger charge is -2.07. The number of aromatic amines is 1. The van der Waals surface area contributed by atoms with E-state index in [1.807, 2.05) is 12.3 Å². The number of aryl methyl sites for hydroxylation is 1. The predicted octanol–water partition coefficient (Wildman–Crippen LogP) is 4.21. The number of nitrogens with two attached hydrogens (primary N) is 1. The SMILES string of the molecule is Cc1nc(-c2[nH]nc(N)c2-c2ccc(C(C)C)cc2)cs1. The van der Waals surface area contributed by atoms with Crippen LogP contribution in [0, 0.1) is 6.92 Å². The van der Waals surface area contributed by atoms with E-state index in [2.05, 4.69) is 53.3 Å². The molecule has 0 atom stereocenters. The fourth-order valence-corrected chi connectivity index (χ4v) is 2.95. The van der Waals surface area contributed by atoms with E-state index >= 15 is 0 Å². The van der Waals surface area contributed by atoms with Crippen molar-refractivity contribution < 1.29 is 0 Å². The van der Waals surface area contributed by atoms with Gasteiger partial charge >= 0.3 is 0 Å². The van der Waals surface area contributed by atoms with Gasteiger partial charge < -0.3 is 5.73 Å². The van der Waals surface area contributed by atoms with Crippen molar-refractivity contribution in [2.75, 3.05) is 5.73 Å². The van der Waals surface area contributed by atoms with Gasteiger partial charge in [0, 0.05) is 5.38 Å². The van der Waals surface area contributed by atoms with Gasteiger partial charge in [0.1, 0.15) is 0 Å². The molecule has 2 heterocycles. The zero-order valence-electron chi connectivity index (χ0n) is 12.3. The summed E-state index contributed by atoms with van der Waals surface area (Å²) in [4.78, 5) is 4.52. The van der Waals surface area contributed by atoms with Crippen molar-refractivity contribution in [1.29, 1.82) is 0 Å². The third-order valence-corrected chi connectivity index (χ3v) is 4.31. The van der Waals surface area contributed by atoms with Crippen molar-refractivity contribution >= 4 is 17.2 Å². The second-order valence-electron chi connectivity index (χ2n) is 5.39. The molecule has 0 spiro atoms. The summed E-state index contributed by atoms with van der Waals surface area (Å²) in [6.07, 6.45) is 0. The lowest BCUT2D eigenvalue weighted by Crippen LogP contribution is -1.91. The Labute approximate surface area is 128 Å². The molecule has 1 aromatic carbocycles. The molecule has 2 aromatic heterocycles. The van der Waals surface area contributed by atoms with E-state index in [9.17, 15) is 0 Å². The summed E-state index contributed by atoms with van der Waals surface area (Å²) in [5, 5.41) is 10.2. The Hall–Kier alpha value is -2.14. The number of H-pyrrole nitrogens is 1. The fraction of sp³-hybridized carbons (Fsp3) is 0.250. The second kappa shape index (κ2) is 5.33. The van der Waals surface area contributed by atoms with Gasteiger partial charge in [0.2, 0.25) is 0 Å². The van der Waals surface area contributed by atoms with Crippen LogP contribution in [-0.2, 0) is 0 Å². The maximum Gasteiger partial charge on any atom is 0.153 e. The number of anilines is 1. The van der Waals surface area contributed by atoms with E-state index in [1.54, 1.807) is 11.3 Å². The number of benzene rings is 1. The van der Waals surface area contributed by atoms with Crippen LogP contribution in [0.15, 0.2) is 29.6 Å². The molecule has 0 saturated carbocycles. The average molecular weight is 298 g/mol.